The van der Waals surface area contributed by atoms with Gasteiger partial charge in [-0.15, -0.1) is 0 Å². The fraction of sp³-hybridized carbons (Fsp3) is 0.263. The molecule has 0 radical (unpaired) electrons. The zero-order chi connectivity index (χ0) is 17.2. The van der Waals surface area contributed by atoms with Crippen LogP contribution in [-0.4, -0.2) is 18.5 Å². The van der Waals surface area contributed by atoms with E-state index in [4.69, 9.17) is 10.5 Å². The summed E-state index contributed by atoms with van der Waals surface area (Å²) in [7, 11) is 0. The minimum absolute atomic E-state index is 0.00694. The second-order valence-electron chi connectivity index (χ2n) is 5.38. The van der Waals surface area contributed by atoms with Crippen LogP contribution in [0.5, 0.6) is 0 Å². The summed E-state index contributed by atoms with van der Waals surface area (Å²) in [4.78, 5) is 14.8. The second-order valence-corrected chi connectivity index (χ2v) is 5.38. The maximum Gasteiger partial charge on any atom is 0.309 e. The highest BCUT2D eigenvalue weighted by atomic mass is 16.5. The van der Waals surface area contributed by atoms with E-state index in [0.717, 1.165) is 24.2 Å². The Morgan fingerprint density at radius 2 is 1.79 bits per heavy atom. The fourth-order valence-corrected chi connectivity index (χ4v) is 2.25. The number of guanidine groups is 1. The van der Waals surface area contributed by atoms with Crippen LogP contribution in [0.4, 0.5) is 11.4 Å². The molecule has 1 atom stereocenters. The van der Waals surface area contributed by atoms with Gasteiger partial charge < -0.3 is 15.8 Å². The van der Waals surface area contributed by atoms with E-state index >= 15 is 0 Å². The summed E-state index contributed by atoms with van der Waals surface area (Å²) in [5.41, 5.74) is 7.54. The van der Waals surface area contributed by atoms with Crippen LogP contribution in [0.1, 0.15) is 19.8 Å². The van der Waals surface area contributed by atoms with Crippen molar-refractivity contribution in [1.29, 1.82) is 0 Å². The molecule has 0 aliphatic carbocycles. The number of para-hydroxylation sites is 2. The van der Waals surface area contributed by atoms with Gasteiger partial charge in [0.2, 0.25) is 0 Å². The number of esters is 1. The number of benzene rings is 2. The quantitative estimate of drug-likeness (QED) is 0.512. The molecule has 24 heavy (non-hydrogen) atoms. The molecular weight excluding hydrogens is 302 g/mol. The number of nitrogens with one attached hydrogen (secondary N) is 1. The number of aliphatic imine (C=N–C) groups is 1. The number of carbonyl (C=O) groups excluding carboxylic acids is 1. The molecule has 0 saturated carbocycles. The van der Waals surface area contributed by atoms with Crippen molar-refractivity contribution in [3.63, 3.8) is 0 Å². The van der Waals surface area contributed by atoms with Crippen LogP contribution in [0.25, 0.3) is 0 Å². The van der Waals surface area contributed by atoms with E-state index in [2.05, 4.69) is 10.3 Å². The molecule has 0 bridgehead atoms. The summed E-state index contributed by atoms with van der Waals surface area (Å²) in [5.74, 6) is 0.583. The van der Waals surface area contributed by atoms with Crippen LogP contribution in [0.15, 0.2) is 65.7 Å². The van der Waals surface area contributed by atoms with Crippen LogP contribution >= 0.6 is 0 Å². The molecule has 126 valence electrons. The van der Waals surface area contributed by atoms with Crippen molar-refractivity contribution in [3.05, 3.63) is 60.7 Å². The van der Waals surface area contributed by atoms with Gasteiger partial charge in [-0.1, -0.05) is 43.3 Å². The highest BCUT2D eigenvalue weighted by Gasteiger charge is 2.23. The average Bonchev–Trinajstić information content (AvgIpc) is 3.02. The number of nitrogens with zero attached hydrogens (tertiary/aromatic N) is 1. The third-order valence-corrected chi connectivity index (χ3v) is 3.59. The van der Waals surface area contributed by atoms with Gasteiger partial charge in [-0.2, -0.15) is 0 Å². The van der Waals surface area contributed by atoms with Gasteiger partial charge in [0, 0.05) is 5.69 Å². The molecule has 1 heterocycles. The van der Waals surface area contributed by atoms with Crippen molar-refractivity contribution < 1.29 is 9.53 Å². The Morgan fingerprint density at radius 3 is 2.29 bits per heavy atom. The Hall–Kier alpha value is -2.82. The molecule has 1 unspecified atom stereocenters. The Bertz CT molecular complexity index is 657. The van der Waals surface area contributed by atoms with Gasteiger partial charge in [0.25, 0.3) is 0 Å². The molecule has 0 aromatic heterocycles. The first-order valence-corrected chi connectivity index (χ1v) is 8.07. The van der Waals surface area contributed by atoms with Gasteiger partial charge in [0.1, 0.15) is 0 Å². The van der Waals surface area contributed by atoms with Gasteiger partial charge in [0.05, 0.1) is 18.2 Å². The SMILES string of the molecule is CCC1CCOC1=O.NC(=Nc1ccccc1)Nc1ccccc1. The van der Waals surface area contributed by atoms with E-state index in [1.54, 1.807) is 0 Å². The van der Waals surface area contributed by atoms with Crippen molar-refractivity contribution in [3.8, 4) is 0 Å². The third kappa shape index (κ3) is 5.76. The smallest absolute Gasteiger partial charge is 0.309 e. The summed E-state index contributed by atoms with van der Waals surface area (Å²) < 4.78 is 4.72. The first kappa shape index (κ1) is 17.5. The Morgan fingerprint density at radius 1 is 1.17 bits per heavy atom. The van der Waals surface area contributed by atoms with Crippen molar-refractivity contribution in [2.45, 2.75) is 19.8 Å². The van der Waals surface area contributed by atoms with Gasteiger partial charge in [0.15, 0.2) is 5.96 Å². The molecule has 1 aliphatic rings. The molecule has 1 fully saturated rings. The lowest BCUT2D eigenvalue weighted by atomic mass is 10.1. The van der Waals surface area contributed by atoms with Crippen molar-refractivity contribution in [1.82, 2.24) is 0 Å². The zero-order valence-electron chi connectivity index (χ0n) is 13.8. The summed E-state index contributed by atoms with van der Waals surface area (Å²) in [5, 5.41) is 3.02. The molecule has 1 aliphatic heterocycles. The molecule has 0 spiro atoms. The number of nitrogens with two attached hydrogens (primary N) is 1. The van der Waals surface area contributed by atoms with E-state index in [9.17, 15) is 4.79 Å². The predicted molar refractivity (Wildman–Crippen MR) is 97.1 cm³/mol. The molecular formula is C19H23N3O2. The maximum absolute atomic E-state index is 10.6. The van der Waals surface area contributed by atoms with Crippen LogP contribution in [0, 0.1) is 5.92 Å². The lowest BCUT2D eigenvalue weighted by Crippen LogP contribution is -2.21. The Labute approximate surface area is 142 Å². The van der Waals surface area contributed by atoms with Crippen LogP contribution in [0.2, 0.25) is 0 Å². The van der Waals surface area contributed by atoms with Crippen molar-refractivity contribution in [2.75, 3.05) is 11.9 Å². The van der Waals surface area contributed by atoms with Gasteiger partial charge in [-0.3, -0.25) is 4.79 Å². The highest BCUT2D eigenvalue weighted by Crippen LogP contribution is 2.16. The van der Waals surface area contributed by atoms with Crippen LogP contribution < -0.4 is 11.1 Å². The Kier molecular flexibility index (Phi) is 6.83. The number of hydrogen-bond acceptors (Lipinski definition) is 3. The van der Waals surface area contributed by atoms with E-state index < -0.39 is 0 Å². The third-order valence-electron chi connectivity index (χ3n) is 3.59. The monoisotopic (exact) mass is 325 g/mol. The van der Waals surface area contributed by atoms with Crippen LogP contribution in [-0.2, 0) is 9.53 Å². The van der Waals surface area contributed by atoms with Gasteiger partial charge in [-0.25, -0.2) is 4.99 Å². The largest absolute Gasteiger partial charge is 0.465 e. The number of cyclic esters (lactones) is 1. The number of hydrogen-bond donors (Lipinski definition) is 2. The minimum atomic E-state index is -0.00694. The number of ether oxygens (including phenoxy) is 1. The molecule has 5 nitrogen and oxygen atoms in total. The van der Waals surface area contributed by atoms with E-state index in [-0.39, 0.29) is 11.9 Å². The topological polar surface area (TPSA) is 76.7 Å². The summed E-state index contributed by atoms with van der Waals surface area (Å²) in [6.07, 6.45) is 1.86. The van der Waals surface area contributed by atoms with Crippen molar-refractivity contribution >= 4 is 23.3 Å². The molecule has 2 aromatic rings. The first-order valence-electron chi connectivity index (χ1n) is 8.07. The van der Waals surface area contributed by atoms with Gasteiger partial charge >= 0.3 is 5.97 Å². The molecule has 5 heteroatoms. The summed E-state index contributed by atoms with van der Waals surface area (Å²) in [6.45, 7) is 2.65. The maximum atomic E-state index is 10.6. The lowest BCUT2D eigenvalue weighted by molar-refractivity contribution is -0.141. The fourth-order valence-electron chi connectivity index (χ4n) is 2.25. The normalized spacial score (nSPS) is 16.8. The highest BCUT2D eigenvalue weighted by molar-refractivity contribution is 5.93. The molecule has 1 saturated heterocycles. The molecule has 3 rings (SSSR count). The lowest BCUT2D eigenvalue weighted by Gasteiger charge is -2.04. The van der Waals surface area contributed by atoms with E-state index in [0.29, 0.717) is 12.6 Å². The minimum Gasteiger partial charge on any atom is -0.465 e. The van der Waals surface area contributed by atoms with Gasteiger partial charge in [-0.05, 0) is 37.1 Å². The first-order chi connectivity index (χ1) is 11.7. The predicted octanol–water partition coefficient (Wildman–Crippen LogP) is 3.70. The van der Waals surface area contributed by atoms with E-state index in [1.807, 2.05) is 67.6 Å². The summed E-state index contributed by atoms with van der Waals surface area (Å²) >= 11 is 0. The number of carbonyl (C=O) groups is 1. The van der Waals surface area contributed by atoms with Crippen molar-refractivity contribution in [2.24, 2.45) is 16.6 Å². The summed E-state index contributed by atoms with van der Waals surface area (Å²) in [6, 6.07) is 19.3. The number of rotatable bonds is 3. The number of anilines is 1. The van der Waals surface area contributed by atoms with Crippen LogP contribution in [0.3, 0.4) is 0 Å². The molecule has 2 aromatic carbocycles. The Balaban J connectivity index is 0.000000219. The second kappa shape index (κ2) is 9.35. The molecule has 3 N–H and O–H groups in total. The average molecular weight is 325 g/mol. The molecule has 0 amide bonds. The standard InChI is InChI=1S/C13H13N3.C6H10O2/c14-13(15-11-7-3-1-4-8-11)16-12-9-5-2-6-10-12;1-2-5-3-4-8-6(5)7/h1-10H,(H3,14,15,16);5H,2-4H2,1H3. The van der Waals surface area contributed by atoms with E-state index in [1.165, 1.54) is 0 Å². The zero-order valence-corrected chi connectivity index (χ0v) is 13.8.